The van der Waals surface area contributed by atoms with Crippen molar-refractivity contribution in [3.8, 4) is 0 Å². The van der Waals surface area contributed by atoms with E-state index < -0.39 is 0 Å². The minimum absolute atomic E-state index is 0.299. The first-order valence-electron chi connectivity index (χ1n) is 8.70. The maximum absolute atomic E-state index is 9.74. The highest BCUT2D eigenvalue weighted by atomic mass is 16.3. The molecule has 2 aliphatic rings. The lowest BCUT2D eigenvalue weighted by molar-refractivity contribution is 0.0527. The van der Waals surface area contributed by atoms with Gasteiger partial charge in [-0.05, 0) is 52.7 Å². The SMILES string of the molecule is CC1CNCCN(C)C2CCCN(C2)C(CO)CCCN1. The molecule has 2 fully saturated rings. The number of aliphatic hydroxyl groups is 1. The van der Waals surface area contributed by atoms with Crippen molar-refractivity contribution < 1.29 is 5.11 Å². The molecule has 5 heteroatoms. The second-order valence-electron chi connectivity index (χ2n) is 6.81. The van der Waals surface area contributed by atoms with Crippen LogP contribution in [0, 0.1) is 0 Å². The Morgan fingerprint density at radius 3 is 2.81 bits per heavy atom. The van der Waals surface area contributed by atoms with Crippen LogP contribution in [0.3, 0.4) is 0 Å². The Balaban J connectivity index is 1.95. The summed E-state index contributed by atoms with van der Waals surface area (Å²) in [4.78, 5) is 5.02. The van der Waals surface area contributed by atoms with E-state index in [-0.39, 0.29) is 0 Å². The van der Waals surface area contributed by atoms with Crippen LogP contribution in [-0.2, 0) is 0 Å². The molecular weight excluding hydrogens is 264 g/mol. The third kappa shape index (κ3) is 5.49. The Bertz CT molecular complexity index is 289. The van der Waals surface area contributed by atoms with E-state index in [1.807, 2.05) is 0 Å². The second-order valence-corrected chi connectivity index (χ2v) is 6.81. The zero-order chi connectivity index (χ0) is 15.1. The topological polar surface area (TPSA) is 50.8 Å². The fourth-order valence-electron chi connectivity index (χ4n) is 3.58. The molecule has 5 nitrogen and oxygen atoms in total. The van der Waals surface area contributed by atoms with Gasteiger partial charge in [0.15, 0.2) is 0 Å². The fraction of sp³-hybridized carbons (Fsp3) is 1.00. The van der Waals surface area contributed by atoms with Crippen LogP contribution in [0.4, 0.5) is 0 Å². The predicted octanol–water partition coefficient (Wildman–Crippen LogP) is 0.105. The van der Waals surface area contributed by atoms with E-state index in [4.69, 9.17) is 0 Å². The summed E-state index contributed by atoms with van der Waals surface area (Å²) in [5.41, 5.74) is 0. The third-order valence-electron chi connectivity index (χ3n) is 5.08. The monoisotopic (exact) mass is 298 g/mol. The number of rotatable bonds is 1. The van der Waals surface area contributed by atoms with E-state index in [9.17, 15) is 5.11 Å². The fourth-order valence-corrected chi connectivity index (χ4v) is 3.58. The van der Waals surface area contributed by atoms with Crippen molar-refractivity contribution in [1.29, 1.82) is 0 Å². The van der Waals surface area contributed by atoms with Gasteiger partial charge in [-0.15, -0.1) is 0 Å². The summed E-state index contributed by atoms with van der Waals surface area (Å²) in [5.74, 6) is 0. The van der Waals surface area contributed by atoms with Gasteiger partial charge in [0, 0.05) is 44.3 Å². The molecule has 2 rings (SSSR count). The van der Waals surface area contributed by atoms with Crippen molar-refractivity contribution in [3.63, 3.8) is 0 Å². The van der Waals surface area contributed by atoms with Gasteiger partial charge in [0.1, 0.15) is 0 Å². The minimum Gasteiger partial charge on any atom is -0.395 e. The summed E-state index contributed by atoms with van der Waals surface area (Å²) < 4.78 is 0. The number of aliphatic hydroxyl groups excluding tert-OH is 1. The molecule has 2 saturated heterocycles. The smallest absolute Gasteiger partial charge is 0.0586 e. The summed E-state index contributed by atoms with van der Waals surface area (Å²) in [6.45, 7) is 9.06. The summed E-state index contributed by atoms with van der Waals surface area (Å²) >= 11 is 0. The van der Waals surface area contributed by atoms with Crippen molar-refractivity contribution in [2.45, 2.75) is 50.7 Å². The highest BCUT2D eigenvalue weighted by Gasteiger charge is 2.27. The molecule has 0 aromatic heterocycles. The summed E-state index contributed by atoms with van der Waals surface area (Å²) in [5, 5.41) is 16.9. The molecule has 0 aromatic carbocycles. The molecule has 3 N–H and O–H groups in total. The van der Waals surface area contributed by atoms with Crippen LogP contribution < -0.4 is 10.6 Å². The average Bonchev–Trinajstić information content (AvgIpc) is 2.51. The number of fused-ring (bicyclic) bond motifs is 2. The average molecular weight is 298 g/mol. The van der Waals surface area contributed by atoms with Crippen molar-refractivity contribution >= 4 is 0 Å². The van der Waals surface area contributed by atoms with Crippen LogP contribution in [0.25, 0.3) is 0 Å². The van der Waals surface area contributed by atoms with Crippen LogP contribution in [-0.4, -0.2) is 86.0 Å². The Morgan fingerprint density at radius 2 is 2.00 bits per heavy atom. The molecule has 0 aliphatic carbocycles. The van der Waals surface area contributed by atoms with Gasteiger partial charge < -0.3 is 20.6 Å². The number of nitrogens with zero attached hydrogens (tertiary/aromatic N) is 2. The lowest BCUT2D eigenvalue weighted by Gasteiger charge is -2.41. The first-order valence-corrected chi connectivity index (χ1v) is 8.70. The summed E-state index contributed by atoms with van der Waals surface area (Å²) in [6.07, 6.45) is 4.80. The van der Waals surface area contributed by atoms with Gasteiger partial charge >= 0.3 is 0 Å². The van der Waals surface area contributed by atoms with Gasteiger partial charge in [-0.1, -0.05) is 0 Å². The van der Waals surface area contributed by atoms with Crippen molar-refractivity contribution in [3.05, 3.63) is 0 Å². The first-order chi connectivity index (χ1) is 10.2. The molecule has 0 spiro atoms. The van der Waals surface area contributed by atoms with Crippen molar-refractivity contribution in [2.75, 3.05) is 52.9 Å². The Morgan fingerprint density at radius 1 is 1.14 bits per heavy atom. The molecule has 0 radical (unpaired) electrons. The van der Waals surface area contributed by atoms with Gasteiger partial charge in [0.05, 0.1) is 6.61 Å². The first kappa shape index (κ1) is 17.2. The van der Waals surface area contributed by atoms with E-state index >= 15 is 0 Å². The maximum Gasteiger partial charge on any atom is 0.0586 e. The molecular formula is C16H34N4O. The van der Waals surface area contributed by atoms with E-state index in [0.29, 0.717) is 24.7 Å². The van der Waals surface area contributed by atoms with Crippen molar-refractivity contribution in [2.24, 2.45) is 0 Å². The number of likely N-dealkylation sites (N-methyl/N-ethyl adjacent to an activating group) is 1. The molecule has 124 valence electrons. The van der Waals surface area contributed by atoms with Crippen molar-refractivity contribution in [1.82, 2.24) is 20.4 Å². The van der Waals surface area contributed by atoms with Gasteiger partial charge in [0.25, 0.3) is 0 Å². The van der Waals surface area contributed by atoms with Gasteiger partial charge in [-0.25, -0.2) is 0 Å². The highest BCUT2D eigenvalue weighted by molar-refractivity contribution is 4.84. The van der Waals surface area contributed by atoms with Crippen LogP contribution in [0.2, 0.25) is 0 Å². The minimum atomic E-state index is 0.299. The zero-order valence-electron chi connectivity index (χ0n) is 13.9. The zero-order valence-corrected chi connectivity index (χ0v) is 13.9. The Hall–Kier alpha value is -0.200. The maximum atomic E-state index is 9.74. The quantitative estimate of drug-likeness (QED) is 0.641. The summed E-state index contributed by atoms with van der Waals surface area (Å²) in [6, 6.07) is 1.51. The largest absolute Gasteiger partial charge is 0.395 e. The summed E-state index contributed by atoms with van der Waals surface area (Å²) in [7, 11) is 2.25. The molecule has 4 unspecified atom stereocenters. The van der Waals surface area contributed by atoms with E-state index in [1.54, 1.807) is 0 Å². The molecule has 4 atom stereocenters. The van der Waals surface area contributed by atoms with Crippen LogP contribution in [0.1, 0.15) is 32.6 Å². The number of hydrogen-bond acceptors (Lipinski definition) is 5. The van der Waals surface area contributed by atoms with Crippen LogP contribution in [0.15, 0.2) is 0 Å². The van der Waals surface area contributed by atoms with Gasteiger partial charge in [0.2, 0.25) is 0 Å². The number of piperidine rings is 1. The van der Waals surface area contributed by atoms with E-state index in [0.717, 1.165) is 52.1 Å². The second kappa shape index (κ2) is 9.06. The molecule has 2 bridgehead atoms. The molecule has 2 aliphatic heterocycles. The van der Waals surface area contributed by atoms with Crippen LogP contribution in [0.5, 0.6) is 0 Å². The third-order valence-corrected chi connectivity index (χ3v) is 5.08. The van der Waals surface area contributed by atoms with Gasteiger partial charge in [-0.3, -0.25) is 4.90 Å². The number of nitrogens with one attached hydrogen (secondary N) is 2. The molecule has 0 saturated carbocycles. The van der Waals surface area contributed by atoms with Crippen LogP contribution >= 0.6 is 0 Å². The standard InChI is InChI=1S/C16H34N4O/c1-14-11-17-8-10-19(2)15-6-4-9-20(12-15)16(13-21)5-3-7-18-14/h14-18,21H,3-13H2,1-2H3. The Kier molecular flexibility index (Phi) is 7.40. The highest BCUT2D eigenvalue weighted by Crippen LogP contribution is 2.19. The predicted molar refractivity (Wildman–Crippen MR) is 87.7 cm³/mol. The molecule has 21 heavy (non-hydrogen) atoms. The lowest BCUT2D eigenvalue weighted by Crippen LogP contribution is -2.52. The Labute approximate surface area is 130 Å². The lowest BCUT2D eigenvalue weighted by atomic mass is 10.0. The number of hydrogen-bond donors (Lipinski definition) is 3. The van der Waals surface area contributed by atoms with E-state index in [2.05, 4.69) is 34.4 Å². The van der Waals surface area contributed by atoms with E-state index in [1.165, 1.54) is 12.8 Å². The van der Waals surface area contributed by atoms with Gasteiger partial charge in [-0.2, -0.15) is 0 Å². The molecule has 0 aromatic rings. The normalized spacial score (nSPS) is 37.9. The molecule has 0 amide bonds. The molecule has 2 heterocycles.